The van der Waals surface area contributed by atoms with E-state index < -0.39 is 5.91 Å². The Balaban J connectivity index is 1.71. The summed E-state index contributed by atoms with van der Waals surface area (Å²) in [6.45, 7) is 2.95. The Morgan fingerprint density at radius 2 is 2.00 bits per heavy atom. The monoisotopic (exact) mass is 313 g/mol. The van der Waals surface area contributed by atoms with E-state index in [0.717, 1.165) is 31.4 Å². The van der Waals surface area contributed by atoms with Crippen molar-refractivity contribution in [1.29, 1.82) is 0 Å². The van der Waals surface area contributed by atoms with Gasteiger partial charge in [0.25, 0.3) is 0 Å². The van der Waals surface area contributed by atoms with Crippen molar-refractivity contribution >= 4 is 5.91 Å². The van der Waals surface area contributed by atoms with Gasteiger partial charge in [0.05, 0.1) is 6.20 Å². The zero-order valence-electron chi connectivity index (χ0n) is 13.3. The second-order valence-electron chi connectivity index (χ2n) is 5.71. The molecule has 0 fully saturated rings. The van der Waals surface area contributed by atoms with Crippen LogP contribution in [0.1, 0.15) is 34.8 Å². The summed E-state index contributed by atoms with van der Waals surface area (Å²) in [4.78, 5) is 14.9. The van der Waals surface area contributed by atoms with Crippen LogP contribution in [0.4, 0.5) is 0 Å². The van der Waals surface area contributed by atoms with Crippen LogP contribution in [0, 0.1) is 0 Å². The summed E-state index contributed by atoms with van der Waals surface area (Å²) in [5.41, 5.74) is 7.86. The van der Waals surface area contributed by atoms with Crippen LogP contribution in [0.15, 0.2) is 42.7 Å². The molecule has 0 unspecified atom stereocenters. The van der Waals surface area contributed by atoms with E-state index in [4.69, 9.17) is 5.73 Å². The zero-order chi connectivity index (χ0) is 16.7. The molecule has 1 aromatic carbocycles. The maximum absolute atomic E-state index is 11.0. The normalized spacial score (nSPS) is 12.0. The first-order valence-electron chi connectivity index (χ1n) is 7.80. The predicted molar refractivity (Wildman–Crippen MR) is 90.4 cm³/mol. The number of primary amides is 1. The highest BCUT2D eigenvalue weighted by Gasteiger charge is 2.05. The molecule has 0 aliphatic carbocycles. The molecule has 1 atom stereocenters. The minimum Gasteiger partial charge on any atom is -0.506 e. The fourth-order valence-electron chi connectivity index (χ4n) is 2.40. The lowest BCUT2D eigenvalue weighted by Gasteiger charge is -2.14. The topological polar surface area (TPSA) is 88.2 Å². The number of rotatable bonds is 8. The van der Waals surface area contributed by atoms with E-state index in [1.54, 1.807) is 18.3 Å². The van der Waals surface area contributed by atoms with Crippen LogP contribution in [0.3, 0.4) is 0 Å². The highest BCUT2D eigenvalue weighted by molar-refractivity contribution is 5.92. The van der Waals surface area contributed by atoms with Gasteiger partial charge in [-0.2, -0.15) is 0 Å². The molecule has 0 aliphatic rings. The second kappa shape index (κ2) is 8.29. The molecule has 1 amide bonds. The van der Waals surface area contributed by atoms with Crippen molar-refractivity contribution in [2.75, 3.05) is 6.54 Å². The Bertz CT molecular complexity index is 641. The third-order valence-electron chi connectivity index (χ3n) is 3.88. The number of carbonyl (C=O) groups excluding carboxylic acids is 1. The van der Waals surface area contributed by atoms with Gasteiger partial charge >= 0.3 is 0 Å². The fourth-order valence-corrected chi connectivity index (χ4v) is 2.40. The van der Waals surface area contributed by atoms with Crippen molar-refractivity contribution in [3.05, 3.63) is 59.4 Å². The second-order valence-corrected chi connectivity index (χ2v) is 5.71. The predicted octanol–water partition coefficient (Wildman–Crippen LogP) is 2.04. The maximum Gasteiger partial charge on any atom is 0.248 e. The van der Waals surface area contributed by atoms with Crippen LogP contribution >= 0.6 is 0 Å². The molecule has 0 spiro atoms. The summed E-state index contributed by atoms with van der Waals surface area (Å²) >= 11 is 0. The average molecular weight is 313 g/mol. The maximum atomic E-state index is 11.0. The van der Waals surface area contributed by atoms with Crippen molar-refractivity contribution in [2.24, 2.45) is 5.73 Å². The van der Waals surface area contributed by atoms with E-state index >= 15 is 0 Å². The van der Waals surface area contributed by atoms with Gasteiger partial charge in [0.15, 0.2) is 0 Å². The summed E-state index contributed by atoms with van der Waals surface area (Å²) in [5.74, 6) is -0.151. The number of hydrogen-bond acceptors (Lipinski definition) is 4. The van der Waals surface area contributed by atoms with Gasteiger partial charge in [-0.05, 0) is 62.1 Å². The largest absolute Gasteiger partial charge is 0.506 e. The molecule has 0 radical (unpaired) electrons. The van der Waals surface area contributed by atoms with Gasteiger partial charge in [0.2, 0.25) is 5.91 Å². The number of amides is 1. The first kappa shape index (κ1) is 17.0. The Kier molecular flexibility index (Phi) is 6.11. The highest BCUT2D eigenvalue weighted by Crippen LogP contribution is 2.14. The number of nitrogens with two attached hydrogens (primary N) is 1. The number of nitrogens with zero attached hydrogens (tertiary/aromatic N) is 1. The first-order chi connectivity index (χ1) is 11.1. The van der Waals surface area contributed by atoms with Crippen LogP contribution in [-0.4, -0.2) is 28.6 Å². The van der Waals surface area contributed by atoms with Crippen LogP contribution < -0.4 is 11.1 Å². The van der Waals surface area contributed by atoms with Gasteiger partial charge < -0.3 is 16.2 Å². The van der Waals surface area contributed by atoms with Gasteiger partial charge in [-0.25, -0.2) is 0 Å². The molecule has 0 bridgehead atoms. The number of carbonyl (C=O) groups is 1. The molecule has 5 heteroatoms. The Hall–Kier alpha value is -2.40. The molecule has 0 saturated heterocycles. The third-order valence-corrected chi connectivity index (χ3v) is 3.88. The highest BCUT2D eigenvalue weighted by atomic mass is 16.3. The Morgan fingerprint density at radius 3 is 2.65 bits per heavy atom. The number of nitrogens with one attached hydrogen (secondary N) is 1. The molecule has 122 valence electrons. The van der Waals surface area contributed by atoms with E-state index in [1.807, 2.05) is 18.2 Å². The number of hydrogen-bond donors (Lipinski definition) is 3. The van der Waals surface area contributed by atoms with E-state index in [1.165, 1.54) is 11.8 Å². The lowest BCUT2D eigenvalue weighted by atomic mass is 10.0. The lowest BCUT2D eigenvalue weighted by molar-refractivity contribution is 0.100. The van der Waals surface area contributed by atoms with Gasteiger partial charge in [-0.3, -0.25) is 9.78 Å². The standard InChI is InChI=1S/C18H23N3O2/c1-13(21-11-9-15-8-10-20-12-17(15)22)2-3-14-4-6-16(7-5-14)18(19)23/h4-8,10,12-13,21-22H,2-3,9,11H2,1H3,(H2,19,23)/t13-/m1/s1. The number of aromatic nitrogens is 1. The smallest absolute Gasteiger partial charge is 0.248 e. The summed E-state index contributed by atoms with van der Waals surface area (Å²) in [7, 11) is 0. The number of benzene rings is 1. The van der Waals surface area contributed by atoms with Crippen molar-refractivity contribution in [1.82, 2.24) is 10.3 Å². The van der Waals surface area contributed by atoms with Crippen molar-refractivity contribution in [3.63, 3.8) is 0 Å². The van der Waals surface area contributed by atoms with Gasteiger partial charge in [-0.1, -0.05) is 12.1 Å². The fraction of sp³-hybridized carbons (Fsp3) is 0.333. The zero-order valence-corrected chi connectivity index (χ0v) is 13.3. The van der Waals surface area contributed by atoms with Gasteiger partial charge in [0, 0.05) is 17.8 Å². The minimum atomic E-state index is -0.397. The summed E-state index contributed by atoms with van der Waals surface area (Å²) in [6, 6.07) is 9.63. The lowest BCUT2D eigenvalue weighted by Crippen LogP contribution is -2.28. The molecule has 1 aromatic heterocycles. The van der Waals surface area contributed by atoms with Gasteiger partial charge in [-0.15, -0.1) is 0 Å². The van der Waals surface area contributed by atoms with E-state index in [0.29, 0.717) is 11.6 Å². The van der Waals surface area contributed by atoms with Crippen molar-refractivity contribution < 1.29 is 9.90 Å². The molecule has 5 nitrogen and oxygen atoms in total. The molecular formula is C18H23N3O2. The summed E-state index contributed by atoms with van der Waals surface area (Å²) in [5, 5.41) is 13.1. The minimum absolute atomic E-state index is 0.247. The molecule has 4 N–H and O–H groups in total. The van der Waals surface area contributed by atoms with Crippen molar-refractivity contribution in [2.45, 2.75) is 32.2 Å². The molecule has 0 aliphatic heterocycles. The molecule has 23 heavy (non-hydrogen) atoms. The third kappa shape index (κ3) is 5.38. The van der Waals surface area contributed by atoms with E-state index in [-0.39, 0.29) is 5.75 Å². The average Bonchev–Trinajstić information content (AvgIpc) is 2.55. The molecule has 2 aromatic rings. The summed E-state index contributed by atoms with van der Waals surface area (Å²) in [6.07, 6.45) is 5.86. The number of aromatic hydroxyl groups is 1. The van der Waals surface area contributed by atoms with Crippen LogP contribution in [-0.2, 0) is 12.8 Å². The Morgan fingerprint density at radius 1 is 1.26 bits per heavy atom. The quantitative estimate of drug-likeness (QED) is 0.696. The van der Waals surface area contributed by atoms with Crippen LogP contribution in [0.25, 0.3) is 0 Å². The molecular weight excluding hydrogens is 290 g/mol. The molecule has 1 heterocycles. The number of aryl methyl sites for hydroxylation is 1. The SMILES string of the molecule is C[C@H](CCc1ccc(C(N)=O)cc1)NCCc1ccncc1O. The molecule has 0 saturated carbocycles. The first-order valence-corrected chi connectivity index (χ1v) is 7.80. The van der Waals surface area contributed by atoms with E-state index in [9.17, 15) is 9.90 Å². The van der Waals surface area contributed by atoms with Crippen LogP contribution in [0.2, 0.25) is 0 Å². The van der Waals surface area contributed by atoms with Crippen molar-refractivity contribution in [3.8, 4) is 5.75 Å². The summed E-state index contributed by atoms with van der Waals surface area (Å²) < 4.78 is 0. The molecule has 2 rings (SSSR count). The van der Waals surface area contributed by atoms with Crippen LogP contribution in [0.5, 0.6) is 5.75 Å². The number of pyridine rings is 1. The van der Waals surface area contributed by atoms with Gasteiger partial charge in [0.1, 0.15) is 5.75 Å². The Labute approximate surface area is 136 Å². The van der Waals surface area contributed by atoms with E-state index in [2.05, 4.69) is 17.2 Å².